The van der Waals surface area contributed by atoms with Crippen molar-refractivity contribution in [3.8, 4) is 34.1 Å². The van der Waals surface area contributed by atoms with Crippen molar-refractivity contribution >= 4 is 27.8 Å². The molecular formula is C32H28N6O3. The predicted octanol–water partition coefficient (Wildman–Crippen LogP) is 6.87. The molecule has 0 amide bonds. The lowest BCUT2D eigenvalue weighted by Gasteiger charge is -2.26. The minimum absolute atomic E-state index is 0.230. The topological polar surface area (TPSA) is 111 Å². The van der Waals surface area contributed by atoms with Gasteiger partial charge in [0.25, 0.3) is 0 Å². The first-order chi connectivity index (χ1) is 20.2. The SMILES string of the molecule is C=C1C=C(c2ccc3[nH]nc(-c4nc5c(-c6ccc7c(c6)OCO7)ccnc5[nH]4)c3n2)C=C(OC2CCCCC2)C1. The Bertz CT molecular complexity index is 1890. The Morgan fingerprint density at radius 1 is 0.927 bits per heavy atom. The van der Waals surface area contributed by atoms with Gasteiger partial charge in [0, 0.05) is 23.8 Å². The van der Waals surface area contributed by atoms with Crippen molar-refractivity contribution in [1.29, 1.82) is 0 Å². The molecule has 4 aromatic heterocycles. The average molecular weight is 545 g/mol. The second-order valence-corrected chi connectivity index (χ2v) is 10.8. The van der Waals surface area contributed by atoms with Crippen LogP contribution in [0.2, 0.25) is 0 Å². The van der Waals surface area contributed by atoms with Gasteiger partial charge in [-0.25, -0.2) is 15.0 Å². The van der Waals surface area contributed by atoms with Gasteiger partial charge in [-0.2, -0.15) is 5.10 Å². The minimum atomic E-state index is 0.230. The second kappa shape index (κ2) is 9.62. The molecule has 9 nitrogen and oxygen atoms in total. The number of ether oxygens (including phenoxy) is 3. The van der Waals surface area contributed by atoms with Gasteiger partial charge in [-0.3, -0.25) is 5.10 Å². The van der Waals surface area contributed by atoms with E-state index in [2.05, 4.69) is 38.9 Å². The number of benzene rings is 1. The van der Waals surface area contributed by atoms with Crippen LogP contribution in [0.1, 0.15) is 44.2 Å². The normalized spacial score (nSPS) is 17.2. The number of hydrogen-bond acceptors (Lipinski definition) is 7. The van der Waals surface area contributed by atoms with Crippen LogP contribution in [-0.2, 0) is 4.74 Å². The van der Waals surface area contributed by atoms with Gasteiger partial charge in [-0.1, -0.05) is 19.1 Å². The zero-order valence-electron chi connectivity index (χ0n) is 22.4. The molecular weight excluding hydrogens is 516 g/mol. The summed E-state index contributed by atoms with van der Waals surface area (Å²) in [6.45, 7) is 4.48. The van der Waals surface area contributed by atoms with Crippen LogP contribution in [0.4, 0.5) is 0 Å². The number of rotatable bonds is 5. The maximum Gasteiger partial charge on any atom is 0.231 e. The number of aromatic nitrogens is 6. The van der Waals surface area contributed by atoms with Crippen LogP contribution in [0.15, 0.2) is 72.7 Å². The third kappa shape index (κ3) is 4.34. The van der Waals surface area contributed by atoms with Gasteiger partial charge in [0.1, 0.15) is 16.8 Å². The number of aromatic amines is 2. The number of nitrogens with zero attached hydrogens (tertiary/aromatic N) is 4. The van der Waals surface area contributed by atoms with E-state index in [1.807, 2.05) is 36.4 Å². The van der Waals surface area contributed by atoms with E-state index in [1.54, 1.807) is 6.20 Å². The highest BCUT2D eigenvalue weighted by Gasteiger charge is 2.22. The first kappa shape index (κ1) is 23.9. The van der Waals surface area contributed by atoms with E-state index in [-0.39, 0.29) is 6.79 Å². The van der Waals surface area contributed by atoms with Gasteiger partial charge < -0.3 is 19.2 Å². The molecule has 2 N–H and O–H groups in total. The number of pyridine rings is 2. The summed E-state index contributed by atoms with van der Waals surface area (Å²) in [6.07, 6.45) is 13.0. The van der Waals surface area contributed by atoms with E-state index in [4.69, 9.17) is 24.2 Å². The summed E-state index contributed by atoms with van der Waals surface area (Å²) < 4.78 is 17.5. The van der Waals surface area contributed by atoms with Crippen LogP contribution >= 0.6 is 0 Å². The summed E-state index contributed by atoms with van der Waals surface area (Å²) in [6, 6.07) is 11.8. The highest BCUT2D eigenvalue weighted by molar-refractivity contribution is 5.95. The van der Waals surface area contributed by atoms with E-state index < -0.39 is 0 Å². The number of nitrogens with one attached hydrogen (secondary N) is 2. The van der Waals surface area contributed by atoms with Crippen molar-refractivity contribution in [2.24, 2.45) is 0 Å². The number of allylic oxidation sites excluding steroid dienone is 4. The van der Waals surface area contributed by atoms with Crippen LogP contribution in [0.5, 0.6) is 11.5 Å². The van der Waals surface area contributed by atoms with Gasteiger partial charge in [-0.05, 0) is 79.3 Å². The molecule has 0 atom stereocenters. The van der Waals surface area contributed by atoms with Crippen LogP contribution in [0.3, 0.4) is 0 Å². The van der Waals surface area contributed by atoms with Crippen LogP contribution in [0, 0.1) is 0 Å². The number of hydrogen-bond donors (Lipinski definition) is 2. The third-order valence-electron chi connectivity index (χ3n) is 7.94. The Labute approximate surface area is 236 Å². The molecule has 0 unspecified atom stereocenters. The van der Waals surface area contributed by atoms with Crippen molar-refractivity contribution in [3.05, 3.63) is 78.4 Å². The van der Waals surface area contributed by atoms with E-state index in [1.165, 1.54) is 19.3 Å². The molecule has 0 saturated heterocycles. The van der Waals surface area contributed by atoms with Crippen LogP contribution in [-0.4, -0.2) is 43.0 Å². The molecule has 1 fully saturated rings. The van der Waals surface area contributed by atoms with Crippen molar-refractivity contribution in [3.63, 3.8) is 0 Å². The standard InChI is InChI=1S/C32H28N6O3/c1-18-13-20(15-22(14-18)41-21-5-3-2-4-6-21)24-8-9-25-29(34-24)30(38-37-25)32-35-28-23(11-12-33-31(28)36-32)19-7-10-26-27(16-19)40-17-39-26/h7-13,15-16,21H,1-6,14,17H2,(H,37,38)(H,33,35,36). The molecule has 204 valence electrons. The van der Waals surface area contributed by atoms with Gasteiger partial charge in [0.2, 0.25) is 6.79 Å². The number of H-pyrrole nitrogens is 2. The molecule has 0 spiro atoms. The summed E-state index contributed by atoms with van der Waals surface area (Å²) >= 11 is 0. The van der Waals surface area contributed by atoms with Gasteiger partial charge in [-0.15, -0.1) is 0 Å². The minimum Gasteiger partial charge on any atom is -0.494 e. The smallest absolute Gasteiger partial charge is 0.231 e. The van der Waals surface area contributed by atoms with E-state index in [0.29, 0.717) is 23.3 Å². The maximum absolute atomic E-state index is 6.40. The quantitative estimate of drug-likeness (QED) is 0.248. The Morgan fingerprint density at radius 3 is 2.76 bits per heavy atom. The van der Waals surface area contributed by atoms with Crippen molar-refractivity contribution in [1.82, 2.24) is 30.1 Å². The Kier molecular flexibility index (Phi) is 5.61. The summed E-state index contributed by atoms with van der Waals surface area (Å²) in [5, 5.41) is 7.69. The monoisotopic (exact) mass is 544 g/mol. The molecule has 0 bridgehead atoms. The summed E-state index contributed by atoms with van der Waals surface area (Å²) in [4.78, 5) is 17.8. The molecule has 5 aromatic rings. The van der Waals surface area contributed by atoms with Gasteiger partial charge in [0.15, 0.2) is 28.7 Å². The molecule has 1 aliphatic heterocycles. The van der Waals surface area contributed by atoms with E-state index in [0.717, 1.165) is 81.0 Å². The lowest BCUT2D eigenvalue weighted by atomic mass is 9.96. The first-order valence-electron chi connectivity index (χ1n) is 14.1. The average Bonchev–Trinajstić information content (AvgIpc) is 3.74. The lowest BCUT2D eigenvalue weighted by molar-refractivity contribution is 0.0794. The molecule has 2 aliphatic carbocycles. The maximum atomic E-state index is 6.40. The molecule has 41 heavy (non-hydrogen) atoms. The third-order valence-corrected chi connectivity index (χ3v) is 7.94. The zero-order valence-corrected chi connectivity index (χ0v) is 22.4. The highest BCUT2D eigenvalue weighted by atomic mass is 16.7. The fourth-order valence-corrected chi connectivity index (χ4v) is 5.93. The van der Waals surface area contributed by atoms with Crippen molar-refractivity contribution in [2.75, 3.05) is 6.79 Å². The fraction of sp³-hybridized carbons (Fsp3) is 0.250. The molecule has 1 aromatic carbocycles. The Balaban J connectivity index is 1.15. The molecule has 5 heterocycles. The Hall–Kier alpha value is -4.92. The van der Waals surface area contributed by atoms with E-state index in [9.17, 15) is 0 Å². The van der Waals surface area contributed by atoms with Gasteiger partial charge >= 0.3 is 0 Å². The lowest BCUT2D eigenvalue weighted by Crippen LogP contribution is -2.17. The fourth-order valence-electron chi connectivity index (χ4n) is 5.93. The molecule has 1 saturated carbocycles. The van der Waals surface area contributed by atoms with Gasteiger partial charge in [0.05, 0.1) is 17.3 Å². The summed E-state index contributed by atoms with van der Waals surface area (Å²) in [5.41, 5.74) is 8.33. The molecule has 8 rings (SSSR count). The molecule has 0 radical (unpaired) electrons. The van der Waals surface area contributed by atoms with E-state index >= 15 is 0 Å². The molecule has 9 heteroatoms. The number of fused-ring (bicyclic) bond motifs is 3. The second-order valence-electron chi connectivity index (χ2n) is 10.8. The Morgan fingerprint density at radius 2 is 1.83 bits per heavy atom. The van der Waals surface area contributed by atoms with Crippen LogP contribution in [0.25, 0.3) is 50.4 Å². The predicted molar refractivity (Wildman–Crippen MR) is 156 cm³/mol. The van der Waals surface area contributed by atoms with Crippen molar-refractivity contribution in [2.45, 2.75) is 44.6 Å². The number of imidazole rings is 1. The molecule has 3 aliphatic rings. The zero-order chi connectivity index (χ0) is 27.3. The van der Waals surface area contributed by atoms with Crippen molar-refractivity contribution < 1.29 is 14.2 Å². The summed E-state index contributed by atoms with van der Waals surface area (Å²) in [5.74, 6) is 3.02. The summed E-state index contributed by atoms with van der Waals surface area (Å²) in [7, 11) is 0. The highest BCUT2D eigenvalue weighted by Crippen LogP contribution is 2.38. The first-order valence-corrected chi connectivity index (χ1v) is 14.1. The largest absolute Gasteiger partial charge is 0.494 e. The van der Waals surface area contributed by atoms with Crippen LogP contribution < -0.4 is 9.47 Å².